The Morgan fingerprint density at radius 3 is 2.65 bits per heavy atom. The van der Waals surface area contributed by atoms with Crippen molar-refractivity contribution in [1.29, 1.82) is 0 Å². The van der Waals surface area contributed by atoms with Gasteiger partial charge in [0.2, 0.25) is 0 Å². The Bertz CT molecular complexity index is 537. The molecule has 2 heterocycles. The minimum Gasteiger partial charge on any atom is -0.395 e. The van der Waals surface area contributed by atoms with Crippen molar-refractivity contribution in [3.63, 3.8) is 0 Å². The number of amides is 2. The molecule has 0 atom stereocenters. The number of carbonyl (C=O) groups is 2. The molecule has 20 heavy (non-hydrogen) atoms. The molecule has 0 aromatic carbocycles. The Balaban J connectivity index is 2.47. The van der Waals surface area contributed by atoms with Gasteiger partial charge in [-0.2, -0.15) is 0 Å². The summed E-state index contributed by atoms with van der Waals surface area (Å²) < 4.78 is 0. The highest BCUT2D eigenvalue weighted by Gasteiger charge is 2.40. The van der Waals surface area contributed by atoms with Crippen LogP contribution in [0.1, 0.15) is 18.2 Å². The topological polar surface area (TPSA) is 60.9 Å². The maximum Gasteiger partial charge on any atom is 0.277 e. The number of likely N-dealkylation sites (N-methyl/N-ethyl adjacent to an activating group) is 1. The molecule has 108 valence electrons. The summed E-state index contributed by atoms with van der Waals surface area (Å²) in [6.07, 6.45) is 0.728. The number of hydrogen-bond donors (Lipinski definition) is 1. The van der Waals surface area contributed by atoms with Crippen molar-refractivity contribution in [3.8, 4) is 0 Å². The molecule has 5 nitrogen and oxygen atoms in total. The molecule has 1 aromatic rings. The smallest absolute Gasteiger partial charge is 0.277 e. The fourth-order valence-corrected chi connectivity index (χ4v) is 3.01. The van der Waals surface area contributed by atoms with Crippen LogP contribution in [0, 0.1) is 0 Å². The number of hydrogen-bond acceptors (Lipinski definition) is 5. The van der Waals surface area contributed by atoms with Gasteiger partial charge in [0, 0.05) is 25.0 Å². The molecule has 0 saturated heterocycles. The number of rotatable bonds is 6. The summed E-state index contributed by atoms with van der Waals surface area (Å²) in [4.78, 5) is 28.7. The molecular weight excluding hydrogens is 276 g/mol. The number of thiophene rings is 1. The lowest BCUT2D eigenvalue weighted by atomic mass is 10.2. The standard InChI is InChI=1S/C14H18N2O3S/c1-3-6-16-13(18)11(10-5-4-9-20-10)12(14(16)19)15(2)7-8-17/h4-5,9,17H,3,6-8H2,1-2H3. The molecule has 1 N–H and O–H groups in total. The zero-order chi connectivity index (χ0) is 14.7. The number of aliphatic hydroxyl groups excluding tert-OH is 1. The minimum atomic E-state index is -0.267. The summed E-state index contributed by atoms with van der Waals surface area (Å²) in [5.41, 5.74) is 0.842. The zero-order valence-electron chi connectivity index (χ0n) is 11.6. The van der Waals surface area contributed by atoms with Gasteiger partial charge < -0.3 is 10.0 Å². The van der Waals surface area contributed by atoms with Gasteiger partial charge in [-0.3, -0.25) is 14.5 Å². The second kappa shape index (κ2) is 6.19. The minimum absolute atomic E-state index is 0.0625. The highest BCUT2D eigenvalue weighted by molar-refractivity contribution is 7.11. The van der Waals surface area contributed by atoms with E-state index in [0.29, 0.717) is 24.4 Å². The Morgan fingerprint density at radius 1 is 1.35 bits per heavy atom. The molecule has 2 amide bonds. The fraction of sp³-hybridized carbons (Fsp3) is 0.429. The molecule has 6 heteroatoms. The van der Waals surface area contributed by atoms with Gasteiger partial charge in [0.15, 0.2) is 0 Å². The molecule has 0 unspecified atom stereocenters. The first-order valence-electron chi connectivity index (χ1n) is 6.58. The Kier molecular flexibility index (Phi) is 4.57. The second-order valence-corrected chi connectivity index (χ2v) is 5.56. The van der Waals surface area contributed by atoms with Crippen LogP contribution < -0.4 is 0 Å². The van der Waals surface area contributed by atoms with Gasteiger partial charge >= 0.3 is 0 Å². The van der Waals surface area contributed by atoms with Crippen LogP contribution in [-0.4, -0.2) is 53.5 Å². The van der Waals surface area contributed by atoms with Gasteiger partial charge in [-0.1, -0.05) is 13.0 Å². The number of aliphatic hydroxyl groups is 1. The highest BCUT2D eigenvalue weighted by Crippen LogP contribution is 2.33. The van der Waals surface area contributed by atoms with Crippen molar-refractivity contribution in [3.05, 3.63) is 28.1 Å². The summed E-state index contributed by atoms with van der Waals surface area (Å²) in [5, 5.41) is 10.9. The van der Waals surface area contributed by atoms with E-state index in [9.17, 15) is 9.59 Å². The summed E-state index contributed by atoms with van der Waals surface area (Å²) in [7, 11) is 1.72. The first-order valence-corrected chi connectivity index (χ1v) is 7.46. The van der Waals surface area contributed by atoms with Crippen molar-refractivity contribution in [1.82, 2.24) is 9.80 Å². The molecule has 0 aliphatic carbocycles. The number of carbonyl (C=O) groups excluding carboxylic acids is 2. The highest BCUT2D eigenvalue weighted by atomic mass is 32.1. The summed E-state index contributed by atoms with van der Waals surface area (Å²) in [6, 6.07) is 3.70. The lowest BCUT2D eigenvalue weighted by Gasteiger charge is -2.20. The molecule has 1 aliphatic heterocycles. The van der Waals surface area contributed by atoms with Crippen molar-refractivity contribution in [2.45, 2.75) is 13.3 Å². The number of imide groups is 1. The lowest BCUT2D eigenvalue weighted by Crippen LogP contribution is -2.35. The van der Waals surface area contributed by atoms with Crippen LogP contribution in [0.25, 0.3) is 5.57 Å². The molecule has 1 aliphatic rings. The molecule has 0 bridgehead atoms. The second-order valence-electron chi connectivity index (χ2n) is 4.61. The van der Waals surface area contributed by atoms with Gasteiger partial charge in [-0.05, 0) is 17.9 Å². The zero-order valence-corrected chi connectivity index (χ0v) is 12.4. The Labute approximate surface area is 122 Å². The molecule has 0 radical (unpaired) electrons. The summed E-state index contributed by atoms with van der Waals surface area (Å²) in [5.74, 6) is -0.504. The van der Waals surface area contributed by atoms with Crippen LogP contribution >= 0.6 is 11.3 Å². The van der Waals surface area contributed by atoms with E-state index in [2.05, 4.69) is 0 Å². The van der Waals surface area contributed by atoms with Crippen molar-refractivity contribution in [2.75, 3.05) is 26.7 Å². The predicted molar refractivity (Wildman–Crippen MR) is 78.0 cm³/mol. The summed E-state index contributed by atoms with van der Waals surface area (Å²) >= 11 is 1.44. The van der Waals surface area contributed by atoms with Gasteiger partial charge in [-0.25, -0.2) is 0 Å². The van der Waals surface area contributed by atoms with Gasteiger partial charge in [0.25, 0.3) is 11.8 Å². The van der Waals surface area contributed by atoms with Crippen molar-refractivity contribution >= 4 is 28.7 Å². The van der Waals surface area contributed by atoms with E-state index in [4.69, 9.17) is 5.11 Å². The molecule has 0 saturated carbocycles. The van der Waals surface area contributed by atoms with Crippen LogP contribution in [0.3, 0.4) is 0 Å². The lowest BCUT2D eigenvalue weighted by molar-refractivity contribution is -0.137. The number of nitrogens with zero attached hydrogens (tertiary/aromatic N) is 2. The van der Waals surface area contributed by atoms with E-state index in [1.807, 2.05) is 24.4 Å². The van der Waals surface area contributed by atoms with Crippen LogP contribution in [-0.2, 0) is 9.59 Å². The third-order valence-corrected chi connectivity index (χ3v) is 4.06. The normalized spacial score (nSPS) is 15.4. The molecule has 0 spiro atoms. The van der Waals surface area contributed by atoms with Gasteiger partial charge in [0.05, 0.1) is 12.2 Å². The predicted octanol–water partition coefficient (Wildman–Crippen LogP) is 1.16. The van der Waals surface area contributed by atoms with Crippen molar-refractivity contribution < 1.29 is 14.7 Å². The molecule has 2 rings (SSSR count). The SMILES string of the molecule is CCCN1C(=O)C(c2cccs2)=C(N(C)CCO)C1=O. The molecule has 0 fully saturated rings. The third-order valence-electron chi connectivity index (χ3n) is 3.18. The largest absolute Gasteiger partial charge is 0.395 e. The molecule has 1 aromatic heterocycles. The Hall–Kier alpha value is -1.66. The molecular formula is C14H18N2O3S. The van der Waals surface area contributed by atoms with E-state index >= 15 is 0 Å². The van der Waals surface area contributed by atoms with Crippen molar-refractivity contribution in [2.24, 2.45) is 0 Å². The first kappa shape index (κ1) is 14.7. The van der Waals surface area contributed by atoms with E-state index in [0.717, 1.165) is 11.3 Å². The maximum absolute atomic E-state index is 12.5. The van der Waals surface area contributed by atoms with Crippen LogP contribution in [0.2, 0.25) is 0 Å². The van der Waals surface area contributed by atoms with E-state index in [1.165, 1.54) is 16.2 Å². The van der Waals surface area contributed by atoms with Crippen LogP contribution in [0.4, 0.5) is 0 Å². The van der Waals surface area contributed by atoms with Crippen LogP contribution in [0.5, 0.6) is 0 Å². The fourth-order valence-electron chi connectivity index (χ4n) is 2.25. The van der Waals surface area contributed by atoms with E-state index in [1.54, 1.807) is 11.9 Å². The van der Waals surface area contributed by atoms with E-state index < -0.39 is 0 Å². The summed E-state index contributed by atoms with van der Waals surface area (Å²) in [6.45, 7) is 2.61. The Morgan fingerprint density at radius 2 is 2.10 bits per heavy atom. The quantitative estimate of drug-likeness (QED) is 0.800. The maximum atomic E-state index is 12.5. The average molecular weight is 294 g/mol. The first-order chi connectivity index (χ1) is 9.61. The third kappa shape index (κ3) is 2.48. The van der Waals surface area contributed by atoms with Crippen LogP contribution in [0.15, 0.2) is 23.2 Å². The van der Waals surface area contributed by atoms with E-state index in [-0.39, 0.29) is 18.4 Å². The monoisotopic (exact) mass is 294 g/mol. The van der Waals surface area contributed by atoms with Gasteiger partial charge in [0.1, 0.15) is 5.70 Å². The van der Waals surface area contributed by atoms with Gasteiger partial charge in [-0.15, -0.1) is 11.3 Å². The average Bonchev–Trinajstić information content (AvgIpc) is 3.01.